The number of carbonyl (C=O) groups excluding carboxylic acids is 1. The number of para-hydroxylation sites is 1. The first-order valence-corrected chi connectivity index (χ1v) is 6.88. The van der Waals surface area contributed by atoms with Gasteiger partial charge in [0, 0.05) is 0 Å². The van der Waals surface area contributed by atoms with Crippen molar-refractivity contribution >= 4 is 5.97 Å². The van der Waals surface area contributed by atoms with Gasteiger partial charge >= 0.3 is 5.97 Å². The lowest BCUT2D eigenvalue weighted by Gasteiger charge is -2.28. The Balaban J connectivity index is 2.00. The molecule has 0 bridgehead atoms. The lowest BCUT2D eigenvalue weighted by molar-refractivity contribution is -0.149. The summed E-state index contributed by atoms with van der Waals surface area (Å²) in [7, 11) is 1.37. The van der Waals surface area contributed by atoms with Crippen LogP contribution in [0.3, 0.4) is 0 Å². The normalized spacial score (nSPS) is 17.5. The van der Waals surface area contributed by atoms with Gasteiger partial charge in [-0.15, -0.1) is 0 Å². The van der Waals surface area contributed by atoms with E-state index in [4.69, 9.17) is 9.47 Å². The van der Waals surface area contributed by atoms with E-state index in [9.17, 15) is 9.18 Å². The maximum atomic E-state index is 13.5. The highest BCUT2D eigenvalue weighted by Crippen LogP contribution is 2.25. The van der Waals surface area contributed by atoms with Crippen molar-refractivity contribution in [1.29, 1.82) is 0 Å². The lowest BCUT2D eigenvalue weighted by Crippen LogP contribution is -2.38. The minimum Gasteiger partial charge on any atom is -0.490 e. The number of hydrogen-bond donors (Lipinski definition) is 1. The third-order valence-electron chi connectivity index (χ3n) is 3.71. The Bertz CT molecular complexity index is 446. The van der Waals surface area contributed by atoms with Gasteiger partial charge in [-0.25, -0.2) is 4.39 Å². The number of benzene rings is 1. The average molecular weight is 281 g/mol. The van der Waals surface area contributed by atoms with E-state index in [-0.39, 0.29) is 30.2 Å². The van der Waals surface area contributed by atoms with Crippen LogP contribution in [0.4, 0.5) is 4.39 Å². The van der Waals surface area contributed by atoms with E-state index in [0.717, 1.165) is 25.9 Å². The fourth-order valence-electron chi connectivity index (χ4n) is 2.54. The lowest BCUT2D eigenvalue weighted by atomic mass is 9.85. The molecule has 110 valence electrons. The zero-order valence-corrected chi connectivity index (χ0v) is 11.6. The van der Waals surface area contributed by atoms with Crippen LogP contribution in [0.5, 0.6) is 5.75 Å². The fraction of sp³-hybridized carbons (Fsp3) is 0.533. The summed E-state index contributed by atoms with van der Waals surface area (Å²) in [6.07, 6.45) is 1.81. The molecule has 1 aromatic carbocycles. The molecule has 0 aromatic heterocycles. The summed E-state index contributed by atoms with van der Waals surface area (Å²) in [5.41, 5.74) is 0. The van der Waals surface area contributed by atoms with Gasteiger partial charge in [-0.05, 0) is 44.0 Å². The second-order valence-corrected chi connectivity index (χ2v) is 4.96. The third-order valence-corrected chi connectivity index (χ3v) is 3.71. The summed E-state index contributed by atoms with van der Waals surface area (Å²) in [4.78, 5) is 11.9. The monoisotopic (exact) mass is 281 g/mol. The Morgan fingerprint density at radius 3 is 2.75 bits per heavy atom. The molecule has 1 atom stereocenters. The van der Waals surface area contributed by atoms with Gasteiger partial charge in [-0.2, -0.15) is 0 Å². The first-order valence-electron chi connectivity index (χ1n) is 6.88. The summed E-state index contributed by atoms with van der Waals surface area (Å²) in [6, 6.07) is 6.21. The summed E-state index contributed by atoms with van der Waals surface area (Å²) >= 11 is 0. The molecule has 2 rings (SSSR count). The standard InChI is InChI=1S/C15H20FNO3/c1-19-15(18)12(11-6-8-17-9-7-11)10-20-14-5-3-2-4-13(14)16/h2-5,11-12,17H,6-10H2,1H3. The first-order chi connectivity index (χ1) is 9.72. The van der Waals surface area contributed by atoms with Crippen molar-refractivity contribution in [3.8, 4) is 5.75 Å². The van der Waals surface area contributed by atoms with Crippen molar-refractivity contribution in [3.05, 3.63) is 30.1 Å². The zero-order valence-electron chi connectivity index (χ0n) is 11.6. The van der Waals surface area contributed by atoms with Crippen LogP contribution < -0.4 is 10.1 Å². The topological polar surface area (TPSA) is 47.6 Å². The molecule has 0 aliphatic carbocycles. The minimum absolute atomic E-state index is 0.151. The van der Waals surface area contributed by atoms with Gasteiger partial charge in [0.2, 0.25) is 0 Å². The van der Waals surface area contributed by atoms with Crippen molar-refractivity contribution in [2.75, 3.05) is 26.8 Å². The molecule has 5 heteroatoms. The van der Waals surface area contributed by atoms with E-state index < -0.39 is 5.82 Å². The van der Waals surface area contributed by atoms with Crippen molar-refractivity contribution < 1.29 is 18.7 Å². The van der Waals surface area contributed by atoms with Gasteiger partial charge in [0.25, 0.3) is 0 Å². The second-order valence-electron chi connectivity index (χ2n) is 4.96. The molecule has 4 nitrogen and oxygen atoms in total. The summed E-state index contributed by atoms with van der Waals surface area (Å²) in [6.45, 7) is 1.92. The average Bonchev–Trinajstić information content (AvgIpc) is 2.50. The molecule has 1 aliphatic heterocycles. The van der Waals surface area contributed by atoms with E-state index in [1.165, 1.54) is 13.2 Å². The van der Waals surface area contributed by atoms with E-state index in [1.807, 2.05) is 0 Å². The van der Waals surface area contributed by atoms with Crippen LogP contribution >= 0.6 is 0 Å². The highest BCUT2D eigenvalue weighted by molar-refractivity contribution is 5.72. The van der Waals surface area contributed by atoms with Crippen LogP contribution in [0.15, 0.2) is 24.3 Å². The molecule has 0 amide bonds. The fourth-order valence-corrected chi connectivity index (χ4v) is 2.54. The number of esters is 1. The van der Waals surface area contributed by atoms with Crippen molar-refractivity contribution in [2.24, 2.45) is 11.8 Å². The highest BCUT2D eigenvalue weighted by atomic mass is 19.1. The number of piperidine rings is 1. The number of rotatable bonds is 5. The number of methoxy groups -OCH3 is 1. The smallest absolute Gasteiger partial charge is 0.312 e. The van der Waals surface area contributed by atoms with Crippen LogP contribution in [0.2, 0.25) is 0 Å². The molecule has 0 spiro atoms. The number of ether oxygens (including phenoxy) is 2. The highest BCUT2D eigenvalue weighted by Gasteiger charge is 2.31. The summed E-state index contributed by atoms with van der Waals surface area (Å²) in [5.74, 6) is -0.651. The number of hydrogen-bond acceptors (Lipinski definition) is 4. The molecule has 20 heavy (non-hydrogen) atoms. The molecule has 1 unspecified atom stereocenters. The number of halogens is 1. The first kappa shape index (κ1) is 14.8. The zero-order chi connectivity index (χ0) is 14.4. The molecule has 0 saturated carbocycles. The van der Waals surface area contributed by atoms with Crippen LogP contribution in [0, 0.1) is 17.7 Å². The Hall–Kier alpha value is -1.62. The van der Waals surface area contributed by atoms with Crippen molar-refractivity contribution in [3.63, 3.8) is 0 Å². The van der Waals surface area contributed by atoms with Gasteiger partial charge in [0.15, 0.2) is 11.6 Å². The Kier molecular flexibility index (Phi) is 5.35. The van der Waals surface area contributed by atoms with E-state index in [1.54, 1.807) is 18.2 Å². The molecule has 1 aliphatic rings. The molecule has 1 aromatic rings. The van der Waals surface area contributed by atoms with Crippen molar-refractivity contribution in [2.45, 2.75) is 12.8 Å². The summed E-state index contributed by atoms with van der Waals surface area (Å²) < 4.78 is 23.8. The van der Waals surface area contributed by atoms with Gasteiger partial charge in [-0.3, -0.25) is 4.79 Å². The molecular formula is C15H20FNO3. The maximum absolute atomic E-state index is 13.5. The quantitative estimate of drug-likeness (QED) is 0.839. The van der Waals surface area contributed by atoms with E-state index in [2.05, 4.69) is 5.32 Å². The third kappa shape index (κ3) is 3.70. The van der Waals surface area contributed by atoms with Gasteiger partial charge < -0.3 is 14.8 Å². The Labute approximate surface area is 118 Å². The molecule has 1 N–H and O–H groups in total. The SMILES string of the molecule is COC(=O)C(COc1ccccc1F)C1CCNCC1. The van der Waals surface area contributed by atoms with Crippen molar-refractivity contribution in [1.82, 2.24) is 5.32 Å². The second kappa shape index (κ2) is 7.24. The summed E-state index contributed by atoms with van der Waals surface area (Å²) in [5, 5.41) is 3.26. The molecular weight excluding hydrogens is 261 g/mol. The molecule has 1 heterocycles. The van der Waals surface area contributed by atoms with Gasteiger partial charge in [0.05, 0.1) is 13.0 Å². The van der Waals surface area contributed by atoms with Gasteiger partial charge in [0.1, 0.15) is 6.61 Å². The van der Waals surface area contributed by atoms with Crippen LogP contribution in [-0.4, -0.2) is 32.8 Å². The van der Waals surface area contributed by atoms with Gasteiger partial charge in [-0.1, -0.05) is 12.1 Å². The molecule has 0 radical (unpaired) electrons. The molecule has 1 saturated heterocycles. The van der Waals surface area contributed by atoms with Crippen LogP contribution in [0.1, 0.15) is 12.8 Å². The van der Waals surface area contributed by atoms with E-state index in [0.29, 0.717) is 0 Å². The number of carbonyl (C=O) groups is 1. The van der Waals surface area contributed by atoms with Crippen LogP contribution in [0.25, 0.3) is 0 Å². The van der Waals surface area contributed by atoms with Crippen LogP contribution in [-0.2, 0) is 9.53 Å². The van der Waals surface area contributed by atoms with E-state index >= 15 is 0 Å². The number of nitrogens with one attached hydrogen (secondary N) is 1. The minimum atomic E-state index is -0.415. The predicted octanol–water partition coefficient (Wildman–Crippen LogP) is 1.99. The largest absolute Gasteiger partial charge is 0.490 e. The maximum Gasteiger partial charge on any atom is 0.312 e. The Morgan fingerprint density at radius 2 is 2.10 bits per heavy atom. The molecule has 1 fully saturated rings. The predicted molar refractivity (Wildman–Crippen MR) is 73.0 cm³/mol. The Morgan fingerprint density at radius 1 is 1.40 bits per heavy atom.